The van der Waals surface area contributed by atoms with E-state index in [-0.39, 0.29) is 40.6 Å². The van der Waals surface area contributed by atoms with Crippen molar-refractivity contribution in [2.75, 3.05) is 11.9 Å². The van der Waals surface area contributed by atoms with Gasteiger partial charge in [0.2, 0.25) is 18.2 Å². The lowest BCUT2D eigenvalue weighted by atomic mass is 9.75. The largest absolute Gasteiger partial charge is 0.370 e. The lowest BCUT2D eigenvalue weighted by Crippen LogP contribution is -2.52. The first kappa shape index (κ1) is 30.5. The zero-order valence-electron chi connectivity index (χ0n) is 22.0. The highest BCUT2D eigenvalue weighted by atomic mass is 35.5. The number of carbonyl (C=O) groups excluding carboxylic acids is 3. The number of carbonyl (C=O) groups is 3. The van der Waals surface area contributed by atoms with Crippen molar-refractivity contribution in [2.24, 2.45) is 16.5 Å². The second-order valence-electron chi connectivity index (χ2n) is 9.25. The van der Waals surface area contributed by atoms with Crippen molar-refractivity contribution in [1.29, 1.82) is 0 Å². The number of hydrogen-bond donors (Lipinski definition) is 5. The fraction of sp³-hybridized carbons (Fsp3) is 0.241. The first-order chi connectivity index (χ1) is 19.2. The third kappa shape index (κ3) is 7.74. The van der Waals surface area contributed by atoms with Crippen LogP contribution in [-0.4, -0.2) is 36.8 Å². The van der Waals surface area contributed by atoms with E-state index in [1.807, 2.05) is 67.6 Å². The highest BCUT2D eigenvalue weighted by molar-refractivity contribution is 6.39. The van der Waals surface area contributed by atoms with Crippen LogP contribution in [-0.2, 0) is 26.3 Å². The molecule has 0 spiro atoms. The normalized spacial score (nSPS) is 11.7. The van der Waals surface area contributed by atoms with Gasteiger partial charge in [-0.3, -0.25) is 19.4 Å². The molecule has 11 heteroatoms. The molecular formula is C29H32Cl2N6O3. The van der Waals surface area contributed by atoms with Crippen LogP contribution in [0.2, 0.25) is 10.0 Å². The molecule has 3 amide bonds. The number of nitrogens with zero attached hydrogens (tertiary/aromatic N) is 1. The van der Waals surface area contributed by atoms with Crippen molar-refractivity contribution in [3.05, 3.63) is 99.5 Å². The Kier molecular flexibility index (Phi) is 10.9. The SMILES string of the molecule is CC(C(=O)N[C@H](CCCN=C(N)N)C(=O)NCc1cc(Cl)c(NC=O)c(Cl)c1)(c1ccccc1)c1ccccc1. The van der Waals surface area contributed by atoms with Crippen LogP contribution in [0.25, 0.3) is 0 Å². The Hall–Kier alpha value is -4.08. The summed E-state index contributed by atoms with van der Waals surface area (Å²) < 4.78 is 0. The molecule has 0 heterocycles. The molecule has 0 radical (unpaired) electrons. The summed E-state index contributed by atoms with van der Waals surface area (Å²) in [4.78, 5) is 42.1. The molecule has 0 saturated heterocycles. The summed E-state index contributed by atoms with van der Waals surface area (Å²) in [5.41, 5.74) is 12.3. The zero-order valence-corrected chi connectivity index (χ0v) is 23.5. The number of amides is 3. The van der Waals surface area contributed by atoms with Crippen LogP contribution >= 0.6 is 23.2 Å². The average molecular weight is 584 g/mol. The maximum atomic E-state index is 14.0. The fourth-order valence-electron chi connectivity index (χ4n) is 4.28. The van der Waals surface area contributed by atoms with E-state index in [0.29, 0.717) is 24.9 Å². The van der Waals surface area contributed by atoms with E-state index in [4.69, 9.17) is 34.7 Å². The molecule has 3 rings (SSSR count). The van der Waals surface area contributed by atoms with E-state index in [0.717, 1.165) is 11.1 Å². The van der Waals surface area contributed by atoms with Gasteiger partial charge in [0.15, 0.2) is 5.96 Å². The van der Waals surface area contributed by atoms with E-state index in [1.165, 1.54) is 0 Å². The molecule has 9 nitrogen and oxygen atoms in total. The van der Waals surface area contributed by atoms with Crippen molar-refractivity contribution >= 4 is 53.1 Å². The Morgan fingerprint density at radius 2 is 1.52 bits per heavy atom. The molecule has 0 aliphatic carbocycles. The number of benzene rings is 3. The van der Waals surface area contributed by atoms with Gasteiger partial charge in [-0.2, -0.15) is 0 Å². The highest BCUT2D eigenvalue weighted by Crippen LogP contribution is 2.33. The summed E-state index contributed by atoms with van der Waals surface area (Å²) in [5, 5.41) is 8.71. The third-order valence-electron chi connectivity index (χ3n) is 6.50. The minimum atomic E-state index is -1.07. The second-order valence-corrected chi connectivity index (χ2v) is 10.1. The van der Waals surface area contributed by atoms with Crippen molar-refractivity contribution < 1.29 is 14.4 Å². The Bertz CT molecular complexity index is 1290. The number of rotatable bonds is 13. The summed E-state index contributed by atoms with van der Waals surface area (Å²) in [6, 6.07) is 21.1. The van der Waals surface area contributed by atoms with E-state index in [1.54, 1.807) is 12.1 Å². The summed E-state index contributed by atoms with van der Waals surface area (Å²) >= 11 is 12.5. The molecule has 0 aromatic heterocycles. The van der Waals surface area contributed by atoms with Gasteiger partial charge in [-0.25, -0.2) is 0 Å². The molecular weight excluding hydrogens is 551 g/mol. The molecule has 0 bridgehead atoms. The average Bonchev–Trinajstić information content (AvgIpc) is 2.95. The van der Waals surface area contributed by atoms with Gasteiger partial charge in [-0.1, -0.05) is 83.9 Å². The topological polar surface area (TPSA) is 152 Å². The molecule has 3 aromatic rings. The quantitative estimate of drug-likeness (QED) is 0.0899. The highest BCUT2D eigenvalue weighted by Gasteiger charge is 2.38. The lowest BCUT2D eigenvalue weighted by Gasteiger charge is -2.31. The Morgan fingerprint density at radius 1 is 0.975 bits per heavy atom. The molecule has 0 aliphatic rings. The van der Waals surface area contributed by atoms with Crippen LogP contribution < -0.4 is 27.4 Å². The van der Waals surface area contributed by atoms with E-state index in [2.05, 4.69) is 20.9 Å². The summed E-state index contributed by atoms with van der Waals surface area (Å²) in [7, 11) is 0. The molecule has 0 saturated carbocycles. The van der Waals surface area contributed by atoms with Crippen LogP contribution in [0, 0.1) is 0 Å². The van der Waals surface area contributed by atoms with E-state index >= 15 is 0 Å². The van der Waals surface area contributed by atoms with Gasteiger partial charge in [0, 0.05) is 13.1 Å². The van der Waals surface area contributed by atoms with E-state index in [9.17, 15) is 14.4 Å². The first-order valence-corrected chi connectivity index (χ1v) is 13.4. The van der Waals surface area contributed by atoms with Gasteiger partial charge in [0.05, 0.1) is 21.1 Å². The van der Waals surface area contributed by atoms with Crippen molar-refractivity contribution in [3.63, 3.8) is 0 Å². The van der Waals surface area contributed by atoms with Crippen molar-refractivity contribution in [1.82, 2.24) is 10.6 Å². The Balaban J connectivity index is 1.84. The van der Waals surface area contributed by atoms with Gasteiger partial charge >= 0.3 is 0 Å². The number of nitrogens with one attached hydrogen (secondary N) is 3. The number of guanidine groups is 1. The monoisotopic (exact) mass is 582 g/mol. The standard InChI is InChI=1S/C29H32Cl2N6O3/c1-29(20-9-4-2-5-10-20,21-11-6-3-7-12-21)27(40)37-24(13-8-14-34-28(32)33)26(39)35-17-19-15-22(30)25(36-18-38)23(31)16-19/h2-7,9-12,15-16,18,24H,8,13-14,17H2,1H3,(H,35,39)(H,36,38)(H,37,40)(H4,32,33,34)/t24-/m1/s1. The Morgan fingerprint density at radius 3 is 2.02 bits per heavy atom. The molecule has 0 fully saturated rings. The molecule has 1 atom stereocenters. The van der Waals surface area contributed by atoms with Crippen LogP contribution in [0.1, 0.15) is 36.5 Å². The smallest absolute Gasteiger partial charge is 0.242 e. The second kappa shape index (κ2) is 14.3. The summed E-state index contributed by atoms with van der Waals surface area (Å²) in [6.45, 7) is 2.22. The maximum Gasteiger partial charge on any atom is 0.242 e. The van der Waals surface area contributed by atoms with Crippen molar-refractivity contribution in [2.45, 2.75) is 37.8 Å². The number of anilines is 1. The van der Waals surface area contributed by atoms with Crippen LogP contribution in [0.5, 0.6) is 0 Å². The summed E-state index contributed by atoms with van der Waals surface area (Å²) in [6.07, 6.45) is 1.22. The Labute approximate surface area is 243 Å². The fourth-order valence-corrected chi connectivity index (χ4v) is 4.93. The predicted octanol–water partition coefficient (Wildman–Crippen LogP) is 3.72. The van der Waals surface area contributed by atoms with Crippen molar-refractivity contribution in [3.8, 4) is 0 Å². The molecule has 0 aliphatic heterocycles. The molecule has 3 aromatic carbocycles. The summed E-state index contributed by atoms with van der Waals surface area (Å²) in [5.74, 6) is -0.779. The van der Waals surface area contributed by atoms with Crippen LogP contribution in [0.4, 0.5) is 5.69 Å². The number of halogens is 2. The predicted molar refractivity (Wildman–Crippen MR) is 159 cm³/mol. The van der Waals surface area contributed by atoms with Crippen LogP contribution in [0.3, 0.4) is 0 Å². The third-order valence-corrected chi connectivity index (χ3v) is 7.09. The lowest BCUT2D eigenvalue weighted by molar-refractivity contribution is -0.131. The minimum Gasteiger partial charge on any atom is -0.370 e. The maximum absolute atomic E-state index is 14.0. The van der Waals surface area contributed by atoms with Crippen LogP contribution in [0.15, 0.2) is 77.8 Å². The molecule has 0 unspecified atom stereocenters. The molecule has 210 valence electrons. The van der Waals surface area contributed by atoms with Gasteiger partial charge in [-0.15, -0.1) is 0 Å². The van der Waals surface area contributed by atoms with Gasteiger partial charge < -0.3 is 27.4 Å². The van der Waals surface area contributed by atoms with Gasteiger partial charge in [0.25, 0.3) is 0 Å². The molecule has 40 heavy (non-hydrogen) atoms. The number of aliphatic imine (C=N–C) groups is 1. The number of nitrogens with two attached hydrogens (primary N) is 2. The zero-order chi connectivity index (χ0) is 29.1. The van der Waals surface area contributed by atoms with E-state index < -0.39 is 17.4 Å². The first-order valence-electron chi connectivity index (χ1n) is 12.6. The van der Waals surface area contributed by atoms with Gasteiger partial charge in [-0.05, 0) is 48.6 Å². The molecule has 7 N–H and O–H groups in total. The minimum absolute atomic E-state index is 0.0490. The van der Waals surface area contributed by atoms with Gasteiger partial charge in [0.1, 0.15) is 6.04 Å². The number of hydrogen-bond acceptors (Lipinski definition) is 4.